The lowest BCUT2D eigenvalue weighted by atomic mass is 9.63. The fourth-order valence-corrected chi connectivity index (χ4v) is 5.68. The molecule has 1 heteroatoms. The molecule has 2 aliphatic rings. The van der Waals surface area contributed by atoms with E-state index < -0.39 is 0 Å². The molecule has 0 N–H and O–H groups in total. The number of unbranched alkanes of at least 4 members (excludes halogenated alkanes) is 5. The highest BCUT2D eigenvalue weighted by Crippen LogP contribution is 2.47. The van der Waals surface area contributed by atoms with E-state index in [1.807, 2.05) is 0 Å². The van der Waals surface area contributed by atoms with Crippen molar-refractivity contribution >= 4 is 0 Å². The first-order valence-corrected chi connectivity index (χ1v) is 11.6. The van der Waals surface area contributed by atoms with Gasteiger partial charge >= 0.3 is 0 Å². The fraction of sp³-hybridized carbons (Fsp3) is 0.958. The van der Waals surface area contributed by atoms with Gasteiger partial charge < -0.3 is 0 Å². The molecule has 0 aromatic carbocycles. The number of hydrogen-bond donors (Lipinski definition) is 0. The predicted octanol–water partition coefficient (Wildman–Crippen LogP) is 8.04. The highest BCUT2D eigenvalue weighted by molar-refractivity contribution is 5.02. The van der Waals surface area contributed by atoms with Gasteiger partial charge in [-0.2, -0.15) is 5.26 Å². The van der Waals surface area contributed by atoms with Gasteiger partial charge in [0, 0.05) is 0 Å². The minimum absolute atomic E-state index is 0.0423. The molecule has 0 saturated heterocycles. The summed E-state index contributed by atoms with van der Waals surface area (Å²) >= 11 is 0. The van der Waals surface area contributed by atoms with Crippen molar-refractivity contribution in [3.8, 4) is 6.07 Å². The number of nitrogens with zero attached hydrogens (tertiary/aromatic N) is 1. The highest BCUT2D eigenvalue weighted by atomic mass is 14.4. The average molecular weight is 346 g/mol. The van der Waals surface area contributed by atoms with Crippen LogP contribution in [-0.4, -0.2) is 0 Å². The zero-order valence-electron chi connectivity index (χ0n) is 17.2. The molecule has 0 bridgehead atoms. The Morgan fingerprint density at radius 2 is 1.36 bits per heavy atom. The summed E-state index contributed by atoms with van der Waals surface area (Å²) in [6.07, 6.45) is 23.1. The molecule has 2 aliphatic carbocycles. The fourth-order valence-electron chi connectivity index (χ4n) is 5.68. The predicted molar refractivity (Wildman–Crippen MR) is 108 cm³/mol. The van der Waals surface area contributed by atoms with E-state index >= 15 is 0 Å². The van der Waals surface area contributed by atoms with Crippen LogP contribution in [-0.2, 0) is 0 Å². The SMILES string of the molecule is CCCCCCCC[C@]1(C#N)CC[C@@H](C2CCC(CCC)CC2)CC1. The van der Waals surface area contributed by atoms with Crippen molar-refractivity contribution in [2.24, 2.45) is 23.2 Å². The van der Waals surface area contributed by atoms with Crippen LogP contribution >= 0.6 is 0 Å². The van der Waals surface area contributed by atoms with Gasteiger partial charge in [0.1, 0.15) is 0 Å². The maximum absolute atomic E-state index is 9.82. The third kappa shape index (κ3) is 6.62. The van der Waals surface area contributed by atoms with Crippen LogP contribution in [0.15, 0.2) is 0 Å². The summed E-state index contributed by atoms with van der Waals surface area (Å²) in [6, 6.07) is 2.77. The van der Waals surface area contributed by atoms with Gasteiger partial charge in [-0.25, -0.2) is 0 Å². The molecule has 0 amide bonds. The molecule has 0 atom stereocenters. The Morgan fingerprint density at radius 3 is 1.96 bits per heavy atom. The van der Waals surface area contributed by atoms with Gasteiger partial charge in [0.15, 0.2) is 0 Å². The maximum Gasteiger partial charge on any atom is 0.0689 e. The third-order valence-electron chi connectivity index (χ3n) is 7.49. The van der Waals surface area contributed by atoms with Crippen LogP contribution in [0.1, 0.15) is 123 Å². The lowest BCUT2D eigenvalue weighted by molar-refractivity contribution is 0.115. The summed E-state index contributed by atoms with van der Waals surface area (Å²) in [5.41, 5.74) is 0.0423. The van der Waals surface area contributed by atoms with Crippen LogP contribution in [0.4, 0.5) is 0 Å². The average Bonchev–Trinajstić information content (AvgIpc) is 2.66. The van der Waals surface area contributed by atoms with Crippen molar-refractivity contribution in [3.63, 3.8) is 0 Å². The van der Waals surface area contributed by atoms with Crippen LogP contribution in [0.25, 0.3) is 0 Å². The Bertz CT molecular complexity index is 377. The van der Waals surface area contributed by atoms with E-state index in [-0.39, 0.29) is 5.41 Å². The number of hydrogen-bond acceptors (Lipinski definition) is 1. The molecule has 0 aromatic rings. The Labute approximate surface area is 158 Å². The van der Waals surface area contributed by atoms with E-state index in [0.29, 0.717) is 0 Å². The molecule has 0 radical (unpaired) electrons. The van der Waals surface area contributed by atoms with Crippen LogP contribution in [0.3, 0.4) is 0 Å². The second kappa shape index (κ2) is 11.3. The lowest BCUT2D eigenvalue weighted by Crippen LogP contribution is -2.31. The smallest absolute Gasteiger partial charge is 0.0689 e. The second-order valence-electron chi connectivity index (χ2n) is 9.32. The van der Waals surface area contributed by atoms with Gasteiger partial charge in [-0.05, 0) is 62.7 Å². The van der Waals surface area contributed by atoms with E-state index in [1.54, 1.807) is 0 Å². The highest BCUT2D eigenvalue weighted by Gasteiger charge is 2.38. The van der Waals surface area contributed by atoms with Crippen molar-refractivity contribution in [2.75, 3.05) is 0 Å². The molecule has 0 aliphatic heterocycles. The van der Waals surface area contributed by atoms with Gasteiger partial charge in [0.25, 0.3) is 0 Å². The lowest BCUT2D eigenvalue weighted by Gasteiger charge is -2.41. The van der Waals surface area contributed by atoms with E-state index in [9.17, 15) is 5.26 Å². The molecule has 25 heavy (non-hydrogen) atoms. The summed E-state index contributed by atoms with van der Waals surface area (Å²) in [4.78, 5) is 0. The van der Waals surface area contributed by atoms with Gasteiger partial charge in [0.2, 0.25) is 0 Å². The summed E-state index contributed by atoms with van der Waals surface area (Å²) in [5, 5.41) is 9.82. The maximum atomic E-state index is 9.82. The van der Waals surface area contributed by atoms with Crippen molar-refractivity contribution < 1.29 is 0 Å². The molecule has 2 fully saturated rings. The molecule has 0 heterocycles. The van der Waals surface area contributed by atoms with Gasteiger partial charge in [0.05, 0.1) is 11.5 Å². The van der Waals surface area contributed by atoms with E-state index in [1.165, 1.54) is 109 Å². The minimum atomic E-state index is 0.0423. The first-order valence-electron chi connectivity index (χ1n) is 11.6. The van der Waals surface area contributed by atoms with Crippen LogP contribution in [0, 0.1) is 34.5 Å². The molecule has 2 saturated carbocycles. The van der Waals surface area contributed by atoms with Gasteiger partial charge in [-0.1, -0.05) is 78.1 Å². The molecular weight excluding hydrogens is 302 g/mol. The Balaban J connectivity index is 1.67. The van der Waals surface area contributed by atoms with E-state index in [4.69, 9.17) is 0 Å². The molecular formula is C24H43N. The summed E-state index contributed by atoms with van der Waals surface area (Å²) in [5.74, 6) is 2.95. The third-order valence-corrected chi connectivity index (χ3v) is 7.49. The zero-order chi connectivity index (χ0) is 18.0. The summed E-state index contributed by atoms with van der Waals surface area (Å²) in [7, 11) is 0. The van der Waals surface area contributed by atoms with E-state index in [0.717, 1.165) is 17.8 Å². The van der Waals surface area contributed by atoms with Crippen LogP contribution < -0.4 is 0 Å². The molecule has 2 rings (SSSR count). The van der Waals surface area contributed by atoms with Crippen molar-refractivity contribution in [1.29, 1.82) is 5.26 Å². The van der Waals surface area contributed by atoms with Gasteiger partial charge in [-0.3, -0.25) is 0 Å². The zero-order valence-corrected chi connectivity index (χ0v) is 17.2. The largest absolute Gasteiger partial charge is 0.198 e. The standard InChI is InChI=1S/C24H43N/c1-3-5-6-7-8-9-17-24(20-25)18-15-23(16-19-24)22-13-11-21(10-4-2)12-14-22/h21-23H,3-19H2,1-2H3/t21?,22?,23-,24+. The van der Waals surface area contributed by atoms with Gasteiger partial charge in [-0.15, -0.1) is 0 Å². The minimum Gasteiger partial charge on any atom is -0.198 e. The number of rotatable bonds is 10. The van der Waals surface area contributed by atoms with Crippen LogP contribution in [0.5, 0.6) is 0 Å². The molecule has 144 valence electrons. The first-order chi connectivity index (χ1) is 12.2. The summed E-state index contributed by atoms with van der Waals surface area (Å²) < 4.78 is 0. The quantitative estimate of drug-likeness (QED) is 0.367. The first kappa shape index (κ1) is 20.8. The van der Waals surface area contributed by atoms with Crippen LogP contribution in [0.2, 0.25) is 0 Å². The molecule has 0 aromatic heterocycles. The molecule has 0 unspecified atom stereocenters. The normalized spacial score (nSPS) is 33.1. The molecule has 0 spiro atoms. The van der Waals surface area contributed by atoms with Crippen molar-refractivity contribution in [1.82, 2.24) is 0 Å². The Hall–Kier alpha value is -0.510. The second-order valence-corrected chi connectivity index (χ2v) is 9.32. The monoisotopic (exact) mass is 345 g/mol. The Kier molecular flexibility index (Phi) is 9.36. The number of nitriles is 1. The topological polar surface area (TPSA) is 23.8 Å². The van der Waals surface area contributed by atoms with Crippen molar-refractivity contribution in [2.45, 2.75) is 123 Å². The van der Waals surface area contributed by atoms with E-state index in [2.05, 4.69) is 19.9 Å². The molecule has 1 nitrogen and oxygen atoms in total. The Morgan fingerprint density at radius 1 is 0.760 bits per heavy atom. The summed E-state index contributed by atoms with van der Waals surface area (Å²) in [6.45, 7) is 4.61. The van der Waals surface area contributed by atoms with Crippen molar-refractivity contribution in [3.05, 3.63) is 0 Å².